The second-order valence-electron chi connectivity index (χ2n) is 5.80. The molecule has 0 radical (unpaired) electrons. The molecule has 0 saturated heterocycles. The summed E-state index contributed by atoms with van der Waals surface area (Å²) >= 11 is 5.03. The first kappa shape index (κ1) is 20.1. The number of H-pyrrole nitrogens is 1. The molecule has 11 heteroatoms. The number of rotatable bonds is 5. The number of carbonyl (C=O) groups excluding carboxylic acids is 1. The summed E-state index contributed by atoms with van der Waals surface area (Å²) in [7, 11) is -3.87. The lowest BCUT2D eigenvalue weighted by atomic mass is 10.1. The third-order valence-corrected chi connectivity index (χ3v) is 5.59. The van der Waals surface area contributed by atoms with E-state index in [0.29, 0.717) is 11.3 Å². The molecular formula is C18H14N6O3S2. The zero-order valence-electron chi connectivity index (χ0n) is 15.0. The maximum absolute atomic E-state index is 12.5. The van der Waals surface area contributed by atoms with E-state index in [1.165, 1.54) is 42.9 Å². The van der Waals surface area contributed by atoms with Gasteiger partial charge in [0, 0.05) is 24.3 Å². The summed E-state index contributed by atoms with van der Waals surface area (Å²) in [6.07, 6.45) is 4.26. The highest BCUT2D eigenvalue weighted by atomic mass is 32.2. The minimum atomic E-state index is -3.87. The number of hydrogen-bond acceptors (Lipinski definition) is 7. The van der Waals surface area contributed by atoms with Crippen LogP contribution in [0.25, 0.3) is 0 Å². The molecular weight excluding hydrogens is 412 g/mol. The van der Waals surface area contributed by atoms with Gasteiger partial charge < -0.3 is 10.3 Å². The highest BCUT2D eigenvalue weighted by Gasteiger charge is 2.17. The molecule has 2 heterocycles. The Kier molecular flexibility index (Phi) is 5.67. The molecule has 3 N–H and O–H groups in total. The Morgan fingerprint density at radius 1 is 1.21 bits per heavy atom. The Morgan fingerprint density at radius 3 is 2.48 bits per heavy atom. The lowest BCUT2D eigenvalue weighted by Gasteiger charge is -2.10. The molecule has 3 aromatic rings. The SMILES string of the molecule is Cc1c(C(=O)Nc2ccc(S(=O)(=O)Nc3ncccn3)cc2)c[nH]c(=S)c1C#N. The molecule has 1 amide bonds. The molecule has 0 fully saturated rings. The van der Waals surface area contributed by atoms with Crippen LogP contribution in [0.15, 0.2) is 53.8 Å². The number of sulfonamides is 1. The van der Waals surface area contributed by atoms with Crippen molar-refractivity contribution in [3.8, 4) is 6.07 Å². The Balaban J connectivity index is 1.78. The topological polar surface area (TPSA) is 141 Å². The molecule has 29 heavy (non-hydrogen) atoms. The number of nitrogens with zero attached hydrogens (tertiary/aromatic N) is 3. The predicted molar refractivity (Wildman–Crippen MR) is 108 cm³/mol. The van der Waals surface area contributed by atoms with Crippen LogP contribution in [0.1, 0.15) is 21.5 Å². The van der Waals surface area contributed by atoms with Crippen LogP contribution < -0.4 is 10.0 Å². The standard InChI is InChI=1S/C18H14N6O3S2/c1-11-14(9-19)17(28)22-10-15(11)16(25)23-12-3-5-13(6-4-12)29(26,27)24-18-20-7-2-8-21-18/h2-8,10H,1H3,(H,22,28)(H,23,25)(H,20,21,24). The van der Waals surface area contributed by atoms with Gasteiger partial charge in [-0.3, -0.25) is 4.79 Å². The van der Waals surface area contributed by atoms with Gasteiger partial charge in [0.1, 0.15) is 10.7 Å². The van der Waals surface area contributed by atoms with Crippen molar-refractivity contribution in [3.63, 3.8) is 0 Å². The highest BCUT2D eigenvalue weighted by molar-refractivity contribution is 7.92. The zero-order valence-corrected chi connectivity index (χ0v) is 16.6. The number of aromatic nitrogens is 3. The molecule has 1 aromatic carbocycles. The average Bonchev–Trinajstić information content (AvgIpc) is 2.69. The molecule has 2 aromatic heterocycles. The van der Waals surface area contributed by atoms with E-state index in [1.54, 1.807) is 13.0 Å². The van der Waals surface area contributed by atoms with Gasteiger partial charge in [0.25, 0.3) is 15.9 Å². The first-order valence-corrected chi connectivity index (χ1v) is 10.0. The smallest absolute Gasteiger partial charge is 0.264 e. The fourth-order valence-corrected chi connectivity index (χ4v) is 3.66. The van der Waals surface area contributed by atoms with Gasteiger partial charge in [0.2, 0.25) is 5.95 Å². The summed E-state index contributed by atoms with van der Waals surface area (Å²) in [4.78, 5) is 22.8. The van der Waals surface area contributed by atoms with Gasteiger partial charge in [-0.25, -0.2) is 23.1 Å². The first-order chi connectivity index (χ1) is 13.8. The average molecular weight is 426 g/mol. The summed E-state index contributed by atoms with van der Waals surface area (Å²) in [5.74, 6) is -0.508. The van der Waals surface area contributed by atoms with E-state index in [2.05, 4.69) is 25.0 Å². The number of aromatic amines is 1. The quantitative estimate of drug-likeness (QED) is 0.533. The van der Waals surface area contributed by atoms with Gasteiger partial charge in [-0.05, 0) is 42.8 Å². The minimum absolute atomic E-state index is 0.0188. The van der Waals surface area contributed by atoms with E-state index in [1.807, 2.05) is 6.07 Å². The monoisotopic (exact) mass is 426 g/mol. The van der Waals surface area contributed by atoms with E-state index in [4.69, 9.17) is 17.5 Å². The van der Waals surface area contributed by atoms with Crippen LogP contribution in [0.5, 0.6) is 0 Å². The Labute approximate surface area is 171 Å². The van der Waals surface area contributed by atoms with E-state index in [0.717, 1.165) is 0 Å². The van der Waals surface area contributed by atoms with Crippen molar-refractivity contribution in [1.29, 1.82) is 5.26 Å². The number of nitriles is 1. The van der Waals surface area contributed by atoms with Crippen LogP contribution in [0.4, 0.5) is 11.6 Å². The predicted octanol–water partition coefficient (Wildman–Crippen LogP) is 2.77. The van der Waals surface area contributed by atoms with Gasteiger partial charge in [0.05, 0.1) is 16.0 Å². The van der Waals surface area contributed by atoms with E-state index >= 15 is 0 Å². The second kappa shape index (κ2) is 8.17. The highest BCUT2D eigenvalue weighted by Crippen LogP contribution is 2.18. The molecule has 0 aliphatic carbocycles. The van der Waals surface area contributed by atoms with E-state index < -0.39 is 15.9 Å². The lowest BCUT2D eigenvalue weighted by Crippen LogP contribution is -2.16. The number of hydrogen-bond donors (Lipinski definition) is 3. The van der Waals surface area contributed by atoms with Gasteiger partial charge >= 0.3 is 0 Å². The van der Waals surface area contributed by atoms with Crippen LogP contribution in [0.3, 0.4) is 0 Å². The number of nitrogens with one attached hydrogen (secondary N) is 3. The normalized spacial score (nSPS) is 10.8. The molecule has 0 aliphatic heterocycles. The molecule has 0 atom stereocenters. The van der Waals surface area contributed by atoms with E-state index in [9.17, 15) is 13.2 Å². The Hall–Kier alpha value is -3.62. The van der Waals surface area contributed by atoms with Crippen molar-refractivity contribution in [2.75, 3.05) is 10.0 Å². The largest absolute Gasteiger partial charge is 0.351 e. The summed E-state index contributed by atoms with van der Waals surface area (Å²) < 4.78 is 27.3. The van der Waals surface area contributed by atoms with Crippen LogP contribution in [-0.2, 0) is 10.0 Å². The maximum atomic E-state index is 12.5. The van der Waals surface area contributed by atoms with Crippen molar-refractivity contribution in [2.45, 2.75) is 11.8 Å². The van der Waals surface area contributed by atoms with Crippen LogP contribution >= 0.6 is 12.2 Å². The maximum Gasteiger partial charge on any atom is 0.264 e. The van der Waals surface area contributed by atoms with Crippen molar-refractivity contribution in [2.24, 2.45) is 0 Å². The molecule has 146 valence electrons. The number of benzene rings is 1. The summed E-state index contributed by atoms with van der Waals surface area (Å²) in [5.41, 5.74) is 1.32. The Morgan fingerprint density at radius 2 is 1.86 bits per heavy atom. The first-order valence-electron chi connectivity index (χ1n) is 8.15. The van der Waals surface area contributed by atoms with Gasteiger partial charge in [-0.15, -0.1) is 0 Å². The zero-order chi connectivity index (χ0) is 21.0. The van der Waals surface area contributed by atoms with E-state index in [-0.39, 0.29) is 26.6 Å². The fraction of sp³-hybridized carbons (Fsp3) is 0.0556. The van der Waals surface area contributed by atoms with Gasteiger partial charge in [-0.2, -0.15) is 5.26 Å². The summed E-state index contributed by atoms with van der Waals surface area (Å²) in [5, 5.41) is 11.8. The molecule has 0 unspecified atom stereocenters. The van der Waals surface area contributed by atoms with Gasteiger partial charge in [0.15, 0.2) is 0 Å². The number of anilines is 2. The summed E-state index contributed by atoms with van der Waals surface area (Å²) in [6.45, 7) is 1.63. The molecule has 3 rings (SSSR count). The number of carbonyl (C=O) groups is 1. The second-order valence-corrected chi connectivity index (χ2v) is 7.89. The van der Waals surface area contributed by atoms with Crippen LogP contribution in [0.2, 0.25) is 0 Å². The van der Waals surface area contributed by atoms with Crippen LogP contribution in [-0.4, -0.2) is 29.3 Å². The fourth-order valence-electron chi connectivity index (χ4n) is 2.44. The van der Waals surface area contributed by atoms with Crippen LogP contribution in [0, 0.1) is 22.9 Å². The molecule has 0 saturated carbocycles. The van der Waals surface area contributed by atoms with Crippen molar-refractivity contribution < 1.29 is 13.2 Å². The molecule has 0 aliphatic rings. The molecule has 0 spiro atoms. The summed E-state index contributed by atoms with van der Waals surface area (Å²) in [6, 6.07) is 9.11. The number of pyridine rings is 1. The Bertz CT molecular complexity index is 1260. The number of amides is 1. The molecule has 0 bridgehead atoms. The van der Waals surface area contributed by atoms with Crippen molar-refractivity contribution >= 4 is 39.8 Å². The lowest BCUT2D eigenvalue weighted by molar-refractivity contribution is 0.102. The third-order valence-electron chi connectivity index (χ3n) is 3.92. The molecule has 9 nitrogen and oxygen atoms in total. The van der Waals surface area contributed by atoms with Gasteiger partial charge in [-0.1, -0.05) is 12.2 Å². The van der Waals surface area contributed by atoms with Crippen molar-refractivity contribution in [3.05, 3.63) is 70.3 Å². The van der Waals surface area contributed by atoms with Crippen molar-refractivity contribution in [1.82, 2.24) is 15.0 Å². The minimum Gasteiger partial charge on any atom is -0.351 e. The third kappa shape index (κ3) is 4.45.